The fourth-order valence-electron chi connectivity index (χ4n) is 6.48. The largest absolute Gasteiger partial charge is 0.456 e. The molecule has 2 bridgehead atoms. The number of hydrogen-bond acceptors (Lipinski definition) is 2. The van der Waals surface area contributed by atoms with Gasteiger partial charge in [0.15, 0.2) is 6.20 Å². The maximum atomic E-state index is 6.63. The molecule has 0 saturated heterocycles. The molecule has 3 heteroatoms. The van der Waals surface area contributed by atoms with Gasteiger partial charge >= 0.3 is 0 Å². The number of nitrogens with zero attached hydrogens (tertiary/aromatic N) is 1. The van der Waals surface area contributed by atoms with Gasteiger partial charge in [-0.2, -0.15) is 0 Å². The Balaban J connectivity index is 1.51. The first-order valence-corrected chi connectivity index (χ1v) is 11.7. The van der Waals surface area contributed by atoms with Crippen molar-refractivity contribution in [1.82, 2.24) is 0 Å². The van der Waals surface area contributed by atoms with E-state index in [4.69, 9.17) is 4.74 Å². The van der Waals surface area contributed by atoms with E-state index >= 15 is 0 Å². The molecule has 0 radical (unpaired) electrons. The molecule has 3 aliphatic rings. The van der Waals surface area contributed by atoms with Gasteiger partial charge in [-0.25, -0.2) is 4.57 Å². The zero-order valence-corrected chi connectivity index (χ0v) is 17.7. The first-order valence-electron chi connectivity index (χ1n) is 10.8. The van der Waals surface area contributed by atoms with Crippen LogP contribution in [0.3, 0.4) is 0 Å². The van der Waals surface area contributed by atoms with Crippen molar-refractivity contribution in [2.75, 3.05) is 0 Å². The summed E-state index contributed by atoms with van der Waals surface area (Å²) >= 11 is 1.82. The second kappa shape index (κ2) is 5.60. The maximum absolute atomic E-state index is 6.63. The molecule has 3 unspecified atom stereocenters. The number of aryl methyl sites for hydroxylation is 2. The maximum Gasteiger partial charge on any atom is 0.228 e. The minimum absolute atomic E-state index is 0.720. The fraction of sp³-hybridized carbons (Fsp3) is 0.346. The topological polar surface area (TPSA) is 13.1 Å². The summed E-state index contributed by atoms with van der Waals surface area (Å²) in [5.41, 5.74) is 5.38. The molecule has 3 atom stereocenters. The summed E-state index contributed by atoms with van der Waals surface area (Å²) < 4.78 is 10.3. The third-order valence-electron chi connectivity index (χ3n) is 7.79. The van der Waals surface area contributed by atoms with Gasteiger partial charge in [0.05, 0.1) is 10.9 Å². The summed E-state index contributed by atoms with van der Waals surface area (Å²) in [7, 11) is 2.16. The molecule has 2 nitrogen and oxygen atoms in total. The summed E-state index contributed by atoms with van der Waals surface area (Å²) in [6.45, 7) is 2.24. The first-order chi connectivity index (χ1) is 14.2. The lowest BCUT2D eigenvalue weighted by molar-refractivity contribution is -0.659. The average molecular weight is 399 g/mol. The number of aromatic nitrogens is 1. The van der Waals surface area contributed by atoms with Crippen LogP contribution in [0.25, 0.3) is 32.1 Å². The summed E-state index contributed by atoms with van der Waals surface area (Å²) in [5.74, 6) is 4.62. The van der Waals surface area contributed by atoms with Crippen LogP contribution in [0.5, 0.6) is 11.5 Å². The summed E-state index contributed by atoms with van der Waals surface area (Å²) in [6.07, 6.45) is 7.89. The van der Waals surface area contributed by atoms with Crippen molar-refractivity contribution < 1.29 is 9.30 Å². The Morgan fingerprint density at radius 2 is 1.97 bits per heavy atom. The molecule has 2 aromatic heterocycles. The lowest BCUT2D eigenvalue weighted by Crippen LogP contribution is -2.31. The quantitative estimate of drug-likeness (QED) is 0.281. The highest BCUT2D eigenvalue weighted by Crippen LogP contribution is 2.55. The highest BCUT2D eigenvalue weighted by Gasteiger charge is 2.41. The second-order valence-electron chi connectivity index (χ2n) is 9.36. The number of rotatable bonds is 1. The highest BCUT2D eigenvalue weighted by molar-refractivity contribution is 7.17. The van der Waals surface area contributed by atoms with Gasteiger partial charge in [-0.15, -0.1) is 11.3 Å². The van der Waals surface area contributed by atoms with Crippen molar-refractivity contribution >= 4 is 32.2 Å². The van der Waals surface area contributed by atoms with Gasteiger partial charge in [0, 0.05) is 10.8 Å². The normalized spacial score (nSPS) is 24.3. The number of benzene rings is 2. The van der Waals surface area contributed by atoms with Gasteiger partial charge in [0.1, 0.15) is 18.5 Å². The Morgan fingerprint density at radius 1 is 1.03 bits per heavy atom. The van der Waals surface area contributed by atoms with Crippen molar-refractivity contribution in [2.45, 2.75) is 38.5 Å². The smallest absolute Gasteiger partial charge is 0.228 e. The zero-order valence-electron chi connectivity index (χ0n) is 16.9. The van der Waals surface area contributed by atoms with Gasteiger partial charge in [-0.1, -0.05) is 12.5 Å². The van der Waals surface area contributed by atoms with Gasteiger partial charge in [0.25, 0.3) is 0 Å². The monoisotopic (exact) mass is 398 g/mol. The Kier molecular flexibility index (Phi) is 3.17. The third-order valence-corrected chi connectivity index (χ3v) is 8.84. The molecule has 144 valence electrons. The van der Waals surface area contributed by atoms with Gasteiger partial charge in [-0.05, 0) is 89.4 Å². The van der Waals surface area contributed by atoms with Gasteiger partial charge in [0.2, 0.25) is 5.69 Å². The van der Waals surface area contributed by atoms with Crippen LogP contribution in [0.15, 0.2) is 41.9 Å². The Labute approximate surface area is 174 Å². The molecule has 2 aromatic carbocycles. The van der Waals surface area contributed by atoms with Gasteiger partial charge in [-0.3, -0.25) is 0 Å². The molecule has 29 heavy (non-hydrogen) atoms. The molecule has 4 aromatic rings. The van der Waals surface area contributed by atoms with E-state index < -0.39 is 0 Å². The van der Waals surface area contributed by atoms with E-state index in [1.807, 2.05) is 11.3 Å². The van der Waals surface area contributed by atoms with Crippen LogP contribution in [0.1, 0.15) is 42.7 Å². The van der Waals surface area contributed by atoms with E-state index in [1.165, 1.54) is 68.9 Å². The van der Waals surface area contributed by atoms with E-state index in [0.717, 1.165) is 29.3 Å². The molecule has 0 amide bonds. The van der Waals surface area contributed by atoms with E-state index in [2.05, 4.69) is 60.4 Å². The van der Waals surface area contributed by atoms with Crippen LogP contribution in [0, 0.1) is 18.8 Å². The summed E-state index contributed by atoms with van der Waals surface area (Å²) in [6, 6.07) is 11.5. The minimum Gasteiger partial charge on any atom is -0.456 e. The fourth-order valence-corrected chi connectivity index (χ4v) is 7.37. The van der Waals surface area contributed by atoms with Crippen LogP contribution in [-0.4, -0.2) is 0 Å². The molecule has 0 spiro atoms. The van der Waals surface area contributed by atoms with Crippen LogP contribution in [0.4, 0.5) is 0 Å². The average Bonchev–Trinajstić information content (AvgIpc) is 3.46. The predicted octanol–water partition coefficient (Wildman–Crippen LogP) is 6.86. The molecule has 7 rings (SSSR count). The Morgan fingerprint density at radius 3 is 2.79 bits per heavy atom. The van der Waals surface area contributed by atoms with Gasteiger partial charge < -0.3 is 4.74 Å². The molecule has 2 fully saturated rings. The first kappa shape index (κ1) is 16.4. The Bertz CT molecular complexity index is 1330. The second-order valence-corrected chi connectivity index (χ2v) is 10.3. The predicted molar refractivity (Wildman–Crippen MR) is 119 cm³/mol. The van der Waals surface area contributed by atoms with E-state index in [1.54, 1.807) is 0 Å². The number of thiophene rings is 1. The van der Waals surface area contributed by atoms with Crippen LogP contribution in [0.2, 0.25) is 0 Å². The van der Waals surface area contributed by atoms with Crippen molar-refractivity contribution in [2.24, 2.45) is 18.9 Å². The molecular formula is C26H24NOS+. The summed E-state index contributed by atoms with van der Waals surface area (Å²) in [5, 5.41) is 6.07. The molecule has 0 N–H and O–H groups in total. The molecular weight excluding hydrogens is 374 g/mol. The van der Waals surface area contributed by atoms with E-state index in [9.17, 15) is 0 Å². The highest BCUT2D eigenvalue weighted by atomic mass is 32.1. The van der Waals surface area contributed by atoms with Crippen molar-refractivity contribution in [3.63, 3.8) is 0 Å². The van der Waals surface area contributed by atoms with Crippen molar-refractivity contribution in [3.05, 3.63) is 53.0 Å². The lowest BCUT2D eigenvalue weighted by Gasteiger charge is -2.25. The van der Waals surface area contributed by atoms with E-state index in [-0.39, 0.29) is 0 Å². The molecule has 1 aliphatic heterocycles. The van der Waals surface area contributed by atoms with Crippen molar-refractivity contribution in [1.29, 1.82) is 0 Å². The lowest BCUT2D eigenvalue weighted by atomic mass is 9.82. The minimum atomic E-state index is 0.720. The zero-order chi connectivity index (χ0) is 19.3. The number of pyridine rings is 1. The SMILES string of the molecule is Cc1c2c(cc3ccsc13)Oc1cc(C3CC4CCC3C4)cc3cc[n+](C)c-2c13. The number of ether oxygens (including phenoxy) is 1. The van der Waals surface area contributed by atoms with E-state index in [0.29, 0.717) is 0 Å². The van der Waals surface area contributed by atoms with Crippen molar-refractivity contribution in [3.8, 4) is 22.8 Å². The molecule has 2 saturated carbocycles. The van der Waals surface area contributed by atoms with Crippen LogP contribution in [-0.2, 0) is 7.05 Å². The Hall–Kier alpha value is -2.39. The standard InChI is InChI=1S/C26H24NOS/c1-14-23-21(12-18-6-8-29-26(14)18)28-22-13-19(20-10-15-3-4-16(20)9-15)11-17-5-7-27(2)25(23)24(17)22/h5-8,11-13,15-16,20H,3-4,9-10H2,1-2H3/q+1. The number of hydrogen-bond donors (Lipinski definition) is 0. The van der Waals surface area contributed by atoms with Crippen LogP contribution >= 0.6 is 11.3 Å². The van der Waals surface area contributed by atoms with Crippen LogP contribution < -0.4 is 9.30 Å². The molecule has 2 aliphatic carbocycles. The third kappa shape index (κ3) is 2.14. The summed E-state index contributed by atoms with van der Waals surface area (Å²) in [4.78, 5) is 0. The number of fused-ring (bicyclic) bond motifs is 5. The molecule has 3 heterocycles.